The molecule has 2 heterocycles. The van der Waals surface area contributed by atoms with Crippen LogP contribution in [0.1, 0.15) is 23.2 Å². The number of carbonyl (C=O) groups is 3. The normalized spacial score (nSPS) is 18.2. The molecule has 2 aromatic rings. The number of fused-ring (bicyclic) bond motifs is 2. The van der Waals surface area contributed by atoms with Crippen molar-refractivity contribution in [1.82, 2.24) is 4.90 Å². The molecule has 3 amide bonds. The number of nitrogens with one attached hydrogen (secondary N) is 1. The van der Waals surface area contributed by atoms with E-state index in [1.54, 1.807) is 47.4 Å². The van der Waals surface area contributed by atoms with Crippen LogP contribution in [-0.4, -0.2) is 48.9 Å². The third kappa shape index (κ3) is 3.53. The fourth-order valence-corrected chi connectivity index (χ4v) is 4.05. The van der Waals surface area contributed by atoms with Gasteiger partial charge in [0.25, 0.3) is 5.91 Å². The second kappa shape index (κ2) is 7.75. The van der Waals surface area contributed by atoms with Crippen LogP contribution in [0.25, 0.3) is 0 Å². The zero-order valence-electron chi connectivity index (χ0n) is 15.9. The first-order valence-corrected chi connectivity index (χ1v) is 9.72. The molecular weight excluding hydrogens is 394 g/mol. The maximum absolute atomic E-state index is 13.2. The standard InChI is InChI=1S/C21H20ClN3O4/c1-29-18-7-3-2-5-15(18)23-19(26)12-25-16-9-8-13(22)11-14(16)20(27)24-10-4-6-17(24)21(25)28/h2-3,5,7-9,11,17H,4,6,10,12H2,1H3,(H,23,26)/t17-/m0/s1. The van der Waals surface area contributed by atoms with Crippen molar-refractivity contribution < 1.29 is 19.1 Å². The maximum Gasteiger partial charge on any atom is 0.256 e. The number of carbonyl (C=O) groups excluding carboxylic acids is 3. The predicted molar refractivity (Wildman–Crippen MR) is 109 cm³/mol. The Morgan fingerprint density at radius 2 is 2.03 bits per heavy atom. The zero-order chi connectivity index (χ0) is 20.5. The number of hydrogen-bond acceptors (Lipinski definition) is 4. The molecule has 1 fully saturated rings. The Balaban J connectivity index is 1.66. The lowest BCUT2D eigenvalue weighted by Gasteiger charge is -2.25. The number of hydrogen-bond donors (Lipinski definition) is 1. The van der Waals surface area contributed by atoms with E-state index in [9.17, 15) is 14.4 Å². The topological polar surface area (TPSA) is 79.0 Å². The van der Waals surface area contributed by atoms with Gasteiger partial charge in [0.05, 0.1) is 24.0 Å². The zero-order valence-corrected chi connectivity index (χ0v) is 16.6. The molecule has 1 N–H and O–H groups in total. The van der Waals surface area contributed by atoms with Crippen molar-refractivity contribution in [2.75, 3.05) is 30.4 Å². The quantitative estimate of drug-likeness (QED) is 0.835. The van der Waals surface area contributed by atoms with Gasteiger partial charge in [-0.05, 0) is 43.2 Å². The van der Waals surface area contributed by atoms with E-state index in [2.05, 4.69) is 5.32 Å². The molecule has 2 aliphatic heterocycles. The Hall–Kier alpha value is -3.06. The molecule has 29 heavy (non-hydrogen) atoms. The Morgan fingerprint density at radius 3 is 2.83 bits per heavy atom. The van der Waals surface area contributed by atoms with Crippen LogP contribution in [-0.2, 0) is 9.59 Å². The molecule has 1 atom stereocenters. The van der Waals surface area contributed by atoms with Crippen molar-refractivity contribution in [2.45, 2.75) is 18.9 Å². The monoisotopic (exact) mass is 413 g/mol. The summed E-state index contributed by atoms with van der Waals surface area (Å²) in [6, 6.07) is 11.3. The minimum atomic E-state index is -0.562. The lowest BCUT2D eigenvalue weighted by molar-refractivity contribution is -0.124. The lowest BCUT2D eigenvalue weighted by Crippen LogP contribution is -2.47. The molecule has 0 bridgehead atoms. The Bertz CT molecular complexity index is 994. The van der Waals surface area contributed by atoms with Gasteiger partial charge in [-0.25, -0.2) is 0 Å². The average molecular weight is 414 g/mol. The fraction of sp³-hybridized carbons (Fsp3) is 0.286. The number of methoxy groups -OCH3 is 1. The van der Waals surface area contributed by atoms with Crippen LogP contribution in [0.4, 0.5) is 11.4 Å². The highest BCUT2D eigenvalue weighted by atomic mass is 35.5. The van der Waals surface area contributed by atoms with E-state index in [0.29, 0.717) is 40.7 Å². The van der Waals surface area contributed by atoms with Gasteiger partial charge in [0, 0.05) is 11.6 Å². The van der Waals surface area contributed by atoms with Gasteiger partial charge in [0.1, 0.15) is 18.3 Å². The molecular formula is C21H20ClN3O4. The van der Waals surface area contributed by atoms with Gasteiger partial charge in [0.2, 0.25) is 11.8 Å². The largest absolute Gasteiger partial charge is 0.495 e. The molecule has 4 rings (SSSR count). The summed E-state index contributed by atoms with van der Waals surface area (Å²) in [5, 5.41) is 3.18. The highest BCUT2D eigenvalue weighted by Gasteiger charge is 2.42. The number of para-hydroxylation sites is 2. The summed E-state index contributed by atoms with van der Waals surface area (Å²) >= 11 is 6.10. The summed E-state index contributed by atoms with van der Waals surface area (Å²) in [7, 11) is 1.52. The van der Waals surface area contributed by atoms with Gasteiger partial charge < -0.3 is 19.9 Å². The first-order chi connectivity index (χ1) is 14.0. The van der Waals surface area contributed by atoms with Crippen molar-refractivity contribution in [3.8, 4) is 5.75 Å². The molecule has 0 aliphatic carbocycles. The lowest BCUT2D eigenvalue weighted by atomic mass is 10.1. The SMILES string of the molecule is COc1ccccc1NC(=O)CN1C(=O)[C@@H]2CCCN2C(=O)c2cc(Cl)ccc21. The van der Waals surface area contributed by atoms with Crippen LogP contribution in [0.15, 0.2) is 42.5 Å². The van der Waals surface area contributed by atoms with Crippen LogP contribution in [0.3, 0.4) is 0 Å². The summed E-state index contributed by atoms with van der Waals surface area (Å²) in [5.41, 5.74) is 1.24. The van der Waals surface area contributed by atoms with Crippen LogP contribution in [0.5, 0.6) is 5.75 Å². The molecule has 2 aliphatic rings. The Labute approximate surface area is 173 Å². The first-order valence-electron chi connectivity index (χ1n) is 9.34. The molecule has 8 heteroatoms. The molecule has 1 saturated heterocycles. The van der Waals surface area contributed by atoms with Gasteiger partial charge in [-0.15, -0.1) is 0 Å². The number of halogens is 1. The van der Waals surface area contributed by atoms with Crippen molar-refractivity contribution in [3.05, 3.63) is 53.1 Å². The van der Waals surface area contributed by atoms with Crippen LogP contribution >= 0.6 is 11.6 Å². The number of amides is 3. The molecule has 0 aromatic heterocycles. The number of nitrogens with zero attached hydrogens (tertiary/aromatic N) is 2. The summed E-state index contributed by atoms with van der Waals surface area (Å²) in [4.78, 5) is 41.9. The third-order valence-corrected chi connectivity index (χ3v) is 5.46. The minimum absolute atomic E-state index is 0.219. The maximum atomic E-state index is 13.2. The summed E-state index contributed by atoms with van der Waals surface area (Å²) in [6.45, 7) is 0.297. The first kappa shape index (κ1) is 19.3. The van der Waals surface area contributed by atoms with E-state index < -0.39 is 6.04 Å². The third-order valence-electron chi connectivity index (χ3n) is 5.23. The Morgan fingerprint density at radius 1 is 1.24 bits per heavy atom. The van der Waals surface area contributed by atoms with E-state index in [1.165, 1.54) is 12.0 Å². The molecule has 0 radical (unpaired) electrons. The molecule has 0 spiro atoms. The average Bonchev–Trinajstić information content (AvgIpc) is 3.19. The van der Waals surface area contributed by atoms with Gasteiger partial charge in [-0.2, -0.15) is 0 Å². The van der Waals surface area contributed by atoms with E-state index >= 15 is 0 Å². The molecule has 7 nitrogen and oxygen atoms in total. The highest BCUT2D eigenvalue weighted by Crippen LogP contribution is 2.34. The van der Waals surface area contributed by atoms with Crippen LogP contribution < -0.4 is 15.0 Å². The fourth-order valence-electron chi connectivity index (χ4n) is 3.88. The second-order valence-electron chi connectivity index (χ2n) is 6.99. The minimum Gasteiger partial charge on any atom is -0.495 e. The van der Waals surface area contributed by atoms with Gasteiger partial charge >= 0.3 is 0 Å². The smallest absolute Gasteiger partial charge is 0.256 e. The highest BCUT2D eigenvalue weighted by molar-refractivity contribution is 6.31. The molecule has 2 aromatic carbocycles. The van der Waals surface area contributed by atoms with Gasteiger partial charge in [-0.3, -0.25) is 14.4 Å². The van der Waals surface area contributed by atoms with Crippen LogP contribution in [0.2, 0.25) is 5.02 Å². The van der Waals surface area contributed by atoms with Crippen molar-refractivity contribution in [3.63, 3.8) is 0 Å². The number of benzene rings is 2. The number of anilines is 2. The predicted octanol–water partition coefficient (Wildman–Crippen LogP) is 2.94. The van der Waals surface area contributed by atoms with E-state index in [4.69, 9.17) is 16.3 Å². The number of ether oxygens (including phenoxy) is 1. The van der Waals surface area contributed by atoms with Gasteiger partial charge in [0.15, 0.2) is 0 Å². The molecule has 0 saturated carbocycles. The second-order valence-corrected chi connectivity index (χ2v) is 7.43. The molecule has 150 valence electrons. The van der Waals surface area contributed by atoms with E-state index in [-0.39, 0.29) is 24.3 Å². The molecule has 0 unspecified atom stereocenters. The van der Waals surface area contributed by atoms with E-state index in [1.807, 2.05) is 0 Å². The summed E-state index contributed by atoms with van der Waals surface area (Å²) < 4.78 is 5.26. The van der Waals surface area contributed by atoms with Crippen LogP contribution in [0, 0.1) is 0 Å². The van der Waals surface area contributed by atoms with Crippen molar-refractivity contribution in [1.29, 1.82) is 0 Å². The van der Waals surface area contributed by atoms with Crippen molar-refractivity contribution >= 4 is 40.7 Å². The van der Waals surface area contributed by atoms with E-state index in [0.717, 1.165) is 6.42 Å². The number of rotatable bonds is 4. The summed E-state index contributed by atoms with van der Waals surface area (Å²) in [5.74, 6) is -0.354. The van der Waals surface area contributed by atoms with Crippen molar-refractivity contribution in [2.24, 2.45) is 0 Å². The van der Waals surface area contributed by atoms with Gasteiger partial charge in [-0.1, -0.05) is 23.7 Å². The Kier molecular flexibility index (Phi) is 5.15. The summed E-state index contributed by atoms with van der Waals surface area (Å²) in [6.07, 6.45) is 1.33.